The van der Waals surface area contributed by atoms with Crippen LogP contribution < -0.4 is 11.2 Å². The molecule has 0 spiro atoms. The zero-order chi connectivity index (χ0) is 15.4. The minimum absolute atomic E-state index is 0.115. The average molecular weight is 352 g/mol. The zero-order valence-electron chi connectivity index (χ0n) is 11.4. The molecule has 7 heteroatoms. The number of aromatic nitrogens is 2. The Hall–Kier alpha value is -2.15. The largest absolute Gasteiger partial charge is 0.340 e. The van der Waals surface area contributed by atoms with Gasteiger partial charge in [-0.3, -0.25) is 19.1 Å². The van der Waals surface area contributed by atoms with Crippen molar-refractivity contribution in [2.45, 2.75) is 13.1 Å². The minimum atomic E-state index is -0.592. The normalized spacial score (nSPS) is 10.4. The lowest BCUT2D eigenvalue weighted by Gasteiger charge is -2.18. The summed E-state index contributed by atoms with van der Waals surface area (Å²) in [6.07, 6.45) is 1.31. The molecule has 6 nitrogen and oxygen atoms in total. The van der Waals surface area contributed by atoms with Gasteiger partial charge in [0, 0.05) is 30.3 Å². The van der Waals surface area contributed by atoms with Crippen molar-refractivity contribution < 1.29 is 4.79 Å². The van der Waals surface area contributed by atoms with E-state index in [0.717, 1.165) is 10.0 Å². The van der Waals surface area contributed by atoms with Crippen molar-refractivity contribution in [2.24, 2.45) is 0 Å². The summed E-state index contributed by atoms with van der Waals surface area (Å²) in [5, 5.41) is 0. The van der Waals surface area contributed by atoms with Gasteiger partial charge in [0.25, 0.3) is 5.56 Å². The standard InChI is InChI=1S/C14H14BrN3O3/c1-17(8-10-4-2-3-5-11(10)15)13(20)9-18-7-6-12(19)16-14(18)21/h2-7H,8-9H2,1H3,(H,16,19,21). The van der Waals surface area contributed by atoms with Crippen LogP contribution in [-0.4, -0.2) is 27.4 Å². The van der Waals surface area contributed by atoms with Crippen LogP contribution in [0.2, 0.25) is 0 Å². The topological polar surface area (TPSA) is 75.2 Å². The van der Waals surface area contributed by atoms with E-state index in [1.165, 1.54) is 21.7 Å². The number of amides is 1. The van der Waals surface area contributed by atoms with Gasteiger partial charge >= 0.3 is 5.69 Å². The molecule has 0 saturated carbocycles. The summed E-state index contributed by atoms with van der Waals surface area (Å²) in [7, 11) is 1.67. The fraction of sp³-hybridized carbons (Fsp3) is 0.214. The number of rotatable bonds is 4. The Morgan fingerprint density at radius 3 is 2.67 bits per heavy atom. The minimum Gasteiger partial charge on any atom is -0.340 e. The van der Waals surface area contributed by atoms with E-state index in [1.807, 2.05) is 24.3 Å². The number of carbonyl (C=O) groups is 1. The number of benzene rings is 1. The van der Waals surface area contributed by atoms with Crippen molar-refractivity contribution >= 4 is 21.8 Å². The van der Waals surface area contributed by atoms with Crippen LogP contribution in [0.1, 0.15) is 5.56 Å². The number of hydrogen-bond donors (Lipinski definition) is 1. The van der Waals surface area contributed by atoms with E-state index in [2.05, 4.69) is 20.9 Å². The van der Waals surface area contributed by atoms with E-state index in [4.69, 9.17) is 0 Å². The molecule has 0 saturated heterocycles. The van der Waals surface area contributed by atoms with Crippen LogP contribution in [0, 0.1) is 0 Å². The molecule has 0 aliphatic heterocycles. The highest BCUT2D eigenvalue weighted by Crippen LogP contribution is 2.17. The van der Waals surface area contributed by atoms with Crippen LogP contribution >= 0.6 is 15.9 Å². The second-order valence-electron chi connectivity index (χ2n) is 4.58. The highest BCUT2D eigenvalue weighted by Gasteiger charge is 2.12. The number of likely N-dealkylation sites (N-methyl/N-ethyl adjacent to an activating group) is 1. The first kappa shape index (κ1) is 15.2. The Morgan fingerprint density at radius 2 is 2.00 bits per heavy atom. The predicted molar refractivity (Wildman–Crippen MR) is 81.9 cm³/mol. The first-order valence-corrected chi connectivity index (χ1v) is 7.04. The lowest BCUT2D eigenvalue weighted by molar-refractivity contribution is -0.131. The molecule has 1 heterocycles. The Labute approximate surface area is 129 Å². The molecule has 1 aromatic carbocycles. The molecule has 110 valence electrons. The number of aromatic amines is 1. The van der Waals surface area contributed by atoms with Crippen molar-refractivity contribution in [1.29, 1.82) is 0 Å². The molecule has 1 aromatic heterocycles. The maximum absolute atomic E-state index is 12.1. The lowest BCUT2D eigenvalue weighted by Crippen LogP contribution is -2.36. The SMILES string of the molecule is CN(Cc1ccccc1Br)C(=O)Cn1ccc(=O)[nH]c1=O. The van der Waals surface area contributed by atoms with E-state index in [0.29, 0.717) is 6.54 Å². The molecule has 21 heavy (non-hydrogen) atoms. The molecular weight excluding hydrogens is 338 g/mol. The van der Waals surface area contributed by atoms with Crippen molar-refractivity contribution in [2.75, 3.05) is 7.05 Å². The Balaban J connectivity index is 2.08. The first-order chi connectivity index (χ1) is 9.97. The van der Waals surface area contributed by atoms with Gasteiger partial charge in [-0.25, -0.2) is 4.79 Å². The number of nitrogens with one attached hydrogen (secondary N) is 1. The number of hydrogen-bond acceptors (Lipinski definition) is 3. The van der Waals surface area contributed by atoms with E-state index in [1.54, 1.807) is 7.05 Å². The second-order valence-corrected chi connectivity index (χ2v) is 5.43. The van der Waals surface area contributed by atoms with Crippen LogP contribution in [0.15, 0.2) is 50.6 Å². The lowest BCUT2D eigenvalue weighted by atomic mass is 10.2. The van der Waals surface area contributed by atoms with Gasteiger partial charge < -0.3 is 4.90 Å². The van der Waals surface area contributed by atoms with Gasteiger partial charge in [-0.15, -0.1) is 0 Å². The van der Waals surface area contributed by atoms with E-state index in [-0.39, 0.29) is 12.5 Å². The van der Waals surface area contributed by atoms with Gasteiger partial charge in [-0.1, -0.05) is 34.1 Å². The second kappa shape index (κ2) is 6.53. The summed E-state index contributed by atoms with van der Waals surface area (Å²) >= 11 is 3.43. The maximum atomic E-state index is 12.1. The number of nitrogens with zero attached hydrogens (tertiary/aromatic N) is 2. The molecule has 1 amide bonds. The molecule has 0 aliphatic carbocycles. The molecule has 0 aliphatic rings. The quantitative estimate of drug-likeness (QED) is 0.891. The summed E-state index contributed by atoms with van der Waals surface area (Å²) in [5.74, 6) is -0.222. The van der Waals surface area contributed by atoms with E-state index >= 15 is 0 Å². The van der Waals surface area contributed by atoms with Gasteiger partial charge in [0.1, 0.15) is 6.54 Å². The van der Waals surface area contributed by atoms with Crippen LogP contribution in [0.5, 0.6) is 0 Å². The molecular formula is C14H14BrN3O3. The van der Waals surface area contributed by atoms with Crippen LogP contribution in [0.3, 0.4) is 0 Å². The molecule has 0 atom stereocenters. The summed E-state index contributed by atoms with van der Waals surface area (Å²) in [5.41, 5.74) is -0.0995. The molecule has 2 aromatic rings. The van der Waals surface area contributed by atoms with Gasteiger partial charge in [-0.2, -0.15) is 0 Å². The molecule has 0 radical (unpaired) electrons. The van der Waals surface area contributed by atoms with Gasteiger partial charge in [0.15, 0.2) is 0 Å². The van der Waals surface area contributed by atoms with Crippen molar-refractivity contribution in [3.05, 3.63) is 67.4 Å². The zero-order valence-corrected chi connectivity index (χ0v) is 13.0. The van der Waals surface area contributed by atoms with Gasteiger partial charge in [-0.05, 0) is 11.6 Å². The third kappa shape index (κ3) is 3.91. The molecule has 1 N–H and O–H groups in total. The fourth-order valence-corrected chi connectivity index (χ4v) is 2.22. The monoisotopic (exact) mass is 351 g/mol. The van der Waals surface area contributed by atoms with E-state index in [9.17, 15) is 14.4 Å². The summed E-state index contributed by atoms with van der Waals surface area (Å²) in [6.45, 7) is 0.314. The number of H-pyrrole nitrogens is 1. The van der Waals surface area contributed by atoms with Crippen LogP contribution in [0.4, 0.5) is 0 Å². The Bertz CT molecular complexity index is 766. The highest BCUT2D eigenvalue weighted by molar-refractivity contribution is 9.10. The molecule has 0 unspecified atom stereocenters. The summed E-state index contributed by atoms with van der Waals surface area (Å²) in [6, 6.07) is 8.82. The molecule has 2 rings (SSSR count). The Morgan fingerprint density at radius 1 is 1.29 bits per heavy atom. The fourth-order valence-electron chi connectivity index (χ4n) is 1.81. The smallest absolute Gasteiger partial charge is 0.328 e. The Kier molecular flexibility index (Phi) is 4.74. The third-order valence-electron chi connectivity index (χ3n) is 2.99. The van der Waals surface area contributed by atoms with Crippen LogP contribution in [-0.2, 0) is 17.9 Å². The average Bonchev–Trinajstić information content (AvgIpc) is 2.44. The first-order valence-electron chi connectivity index (χ1n) is 6.24. The number of halogens is 1. The van der Waals surface area contributed by atoms with E-state index < -0.39 is 11.2 Å². The maximum Gasteiger partial charge on any atom is 0.328 e. The van der Waals surface area contributed by atoms with Gasteiger partial charge in [0.2, 0.25) is 5.91 Å². The van der Waals surface area contributed by atoms with Crippen molar-refractivity contribution in [3.8, 4) is 0 Å². The van der Waals surface area contributed by atoms with Crippen molar-refractivity contribution in [1.82, 2.24) is 14.5 Å². The van der Waals surface area contributed by atoms with Crippen molar-refractivity contribution in [3.63, 3.8) is 0 Å². The highest BCUT2D eigenvalue weighted by atomic mass is 79.9. The molecule has 0 fully saturated rings. The predicted octanol–water partition coefficient (Wildman–Crippen LogP) is 0.958. The number of carbonyl (C=O) groups excluding carboxylic acids is 1. The summed E-state index contributed by atoms with van der Waals surface area (Å²) in [4.78, 5) is 38.3. The third-order valence-corrected chi connectivity index (χ3v) is 3.77. The molecule has 0 bridgehead atoms. The van der Waals surface area contributed by atoms with Gasteiger partial charge in [0.05, 0.1) is 0 Å². The van der Waals surface area contributed by atoms with Crippen LogP contribution in [0.25, 0.3) is 0 Å². The summed E-state index contributed by atoms with van der Waals surface area (Å²) < 4.78 is 2.09.